The van der Waals surface area contributed by atoms with E-state index in [9.17, 15) is 4.79 Å². The number of nitrogens with one attached hydrogen (secondary N) is 1. The number of likely N-dealkylation sites (tertiary alicyclic amines) is 1. The minimum absolute atomic E-state index is 0.165. The molecule has 0 bridgehead atoms. The van der Waals surface area contributed by atoms with Crippen LogP contribution in [0.5, 0.6) is 0 Å². The molecule has 1 fully saturated rings. The number of halogens is 1. The van der Waals surface area contributed by atoms with Crippen molar-refractivity contribution in [3.63, 3.8) is 0 Å². The molecule has 1 aliphatic rings. The minimum Gasteiger partial charge on any atom is -0.320 e. The zero-order valence-electron chi connectivity index (χ0n) is 17.1. The number of anilines is 1. The highest BCUT2D eigenvalue weighted by atomic mass is 35.5. The highest BCUT2D eigenvalue weighted by Crippen LogP contribution is 2.32. The van der Waals surface area contributed by atoms with Crippen LogP contribution in [-0.2, 0) is 0 Å². The van der Waals surface area contributed by atoms with Crippen LogP contribution in [0.15, 0.2) is 53.9 Å². The molecule has 0 unspecified atom stereocenters. The first-order chi connectivity index (χ1) is 14.6. The van der Waals surface area contributed by atoms with Crippen LogP contribution < -0.4 is 5.32 Å². The summed E-state index contributed by atoms with van der Waals surface area (Å²) in [6, 6.07) is 15.4. The quantitative estimate of drug-likeness (QED) is 0.489. The maximum atomic E-state index is 12.9. The number of nitrogens with zero attached hydrogens (tertiary/aromatic N) is 2. The van der Waals surface area contributed by atoms with E-state index in [1.54, 1.807) is 11.3 Å². The number of aromatic nitrogens is 1. The fourth-order valence-electron chi connectivity index (χ4n) is 3.96. The number of amides is 1. The van der Waals surface area contributed by atoms with Crippen molar-refractivity contribution < 1.29 is 4.79 Å². The van der Waals surface area contributed by atoms with Gasteiger partial charge in [-0.05, 0) is 62.7 Å². The summed E-state index contributed by atoms with van der Waals surface area (Å²) < 4.78 is 0. The van der Waals surface area contributed by atoms with Crippen molar-refractivity contribution in [1.82, 2.24) is 9.88 Å². The van der Waals surface area contributed by atoms with E-state index in [4.69, 9.17) is 11.6 Å². The van der Waals surface area contributed by atoms with Crippen molar-refractivity contribution in [2.45, 2.75) is 32.1 Å². The summed E-state index contributed by atoms with van der Waals surface area (Å²) in [5.74, 6) is 0.299. The molecule has 1 N–H and O–H groups in total. The zero-order chi connectivity index (χ0) is 20.9. The van der Waals surface area contributed by atoms with Gasteiger partial charge in [0.05, 0.1) is 5.01 Å². The van der Waals surface area contributed by atoms with Crippen molar-refractivity contribution in [2.24, 2.45) is 0 Å². The molecule has 0 atom stereocenters. The molecule has 156 valence electrons. The van der Waals surface area contributed by atoms with Gasteiger partial charge in [0.2, 0.25) is 0 Å². The van der Waals surface area contributed by atoms with Gasteiger partial charge >= 0.3 is 0 Å². The van der Waals surface area contributed by atoms with Gasteiger partial charge in [-0.3, -0.25) is 4.79 Å². The zero-order valence-corrected chi connectivity index (χ0v) is 18.7. The standard InChI is InChI=1S/C24H26ClN3OS/c1-2-13-28-14-11-18(12-15-28)24-27-22(16-30-24)23(29)26-21-6-4-3-5-20(21)17-7-9-19(25)10-8-17/h3-10,16,18H,2,11-15H2,1H3,(H,26,29). The maximum Gasteiger partial charge on any atom is 0.275 e. The summed E-state index contributed by atoms with van der Waals surface area (Å²) in [7, 11) is 0. The minimum atomic E-state index is -0.165. The van der Waals surface area contributed by atoms with Crippen molar-refractivity contribution in [2.75, 3.05) is 25.0 Å². The second-order valence-corrected chi connectivity index (χ2v) is 9.02. The van der Waals surface area contributed by atoms with Crippen molar-refractivity contribution in [1.29, 1.82) is 0 Å². The Balaban J connectivity index is 1.45. The van der Waals surface area contributed by atoms with Crippen molar-refractivity contribution in [3.8, 4) is 11.1 Å². The fourth-order valence-corrected chi connectivity index (χ4v) is 5.06. The average molecular weight is 440 g/mol. The third kappa shape index (κ3) is 4.91. The molecular weight excluding hydrogens is 414 g/mol. The maximum absolute atomic E-state index is 12.9. The molecule has 6 heteroatoms. The topological polar surface area (TPSA) is 45.2 Å². The van der Waals surface area contributed by atoms with Crippen LogP contribution in [0.4, 0.5) is 5.69 Å². The molecule has 30 heavy (non-hydrogen) atoms. The Morgan fingerprint density at radius 3 is 2.63 bits per heavy atom. The van der Waals surface area contributed by atoms with E-state index in [0.29, 0.717) is 16.6 Å². The van der Waals surface area contributed by atoms with E-state index < -0.39 is 0 Å². The normalized spacial score (nSPS) is 15.3. The van der Waals surface area contributed by atoms with Gasteiger partial charge in [-0.2, -0.15) is 0 Å². The largest absolute Gasteiger partial charge is 0.320 e. The molecule has 1 amide bonds. The van der Waals surface area contributed by atoms with E-state index in [0.717, 1.165) is 47.8 Å². The van der Waals surface area contributed by atoms with Gasteiger partial charge in [-0.15, -0.1) is 11.3 Å². The van der Waals surface area contributed by atoms with Crippen LogP contribution in [0, 0.1) is 0 Å². The number of thiazole rings is 1. The first-order valence-corrected chi connectivity index (χ1v) is 11.7. The lowest BCUT2D eigenvalue weighted by Crippen LogP contribution is -2.33. The molecule has 3 aromatic rings. The lowest BCUT2D eigenvalue weighted by atomic mass is 9.97. The number of para-hydroxylation sites is 1. The van der Waals surface area contributed by atoms with Crippen LogP contribution in [0.25, 0.3) is 11.1 Å². The Kier molecular flexibility index (Phi) is 6.82. The smallest absolute Gasteiger partial charge is 0.275 e. The number of benzene rings is 2. The Morgan fingerprint density at radius 2 is 1.90 bits per heavy atom. The highest BCUT2D eigenvalue weighted by Gasteiger charge is 2.23. The molecule has 2 heterocycles. The van der Waals surface area contributed by atoms with Crippen molar-refractivity contribution >= 4 is 34.5 Å². The van der Waals surface area contributed by atoms with Crippen LogP contribution in [0.2, 0.25) is 5.02 Å². The average Bonchev–Trinajstić information content (AvgIpc) is 3.26. The monoisotopic (exact) mass is 439 g/mol. The van der Waals surface area contributed by atoms with E-state index in [2.05, 4.69) is 22.1 Å². The summed E-state index contributed by atoms with van der Waals surface area (Å²) >= 11 is 7.62. The number of carbonyl (C=O) groups is 1. The SMILES string of the molecule is CCCN1CCC(c2nc(C(=O)Nc3ccccc3-c3ccc(Cl)cc3)cs2)CC1. The van der Waals surface area contributed by atoms with Crippen LogP contribution >= 0.6 is 22.9 Å². The Bertz CT molecular complexity index is 994. The van der Waals surface area contributed by atoms with Crippen LogP contribution in [0.3, 0.4) is 0 Å². The lowest BCUT2D eigenvalue weighted by Gasteiger charge is -2.30. The highest BCUT2D eigenvalue weighted by molar-refractivity contribution is 7.10. The summed E-state index contributed by atoms with van der Waals surface area (Å²) in [6.07, 6.45) is 3.44. The van der Waals surface area contributed by atoms with Gasteiger partial charge in [0.15, 0.2) is 0 Å². The molecule has 1 aromatic heterocycles. The number of hydrogen-bond acceptors (Lipinski definition) is 4. The number of carbonyl (C=O) groups excluding carboxylic acids is 1. The molecule has 4 nitrogen and oxygen atoms in total. The lowest BCUT2D eigenvalue weighted by molar-refractivity contribution is 0.102. The number of rotatable bonds is 6. The first kappa shape index (κ1) is 21.0. The number of piperidine rings is 1. The second-order valence-electron chi connectivity index (χ2n) is 7.69. The van der Waals surface area contributed by atoms with Gasteiger partial charge in [0, 0.05) is 27.6 Å². The Hall–Kier alpha value is -2.21. The number of hydrogen-bond donors (Lipinski definition) is 1. The van der Waals surface area contributed by atoms with Gasteiger partial charge in [0.1, 0.15) is 5.69 Å². The summed E-state index contributed by atoms with van der Waals surface area (Å²) in [5.41, 5.74) is 3.23. The van der Waals surface area contributed by atoms with Gasteiger partial charge < -0.3 is 10.2 Å². The van der Waals surface area contributed by atoms with Crippen molar-refractivity contribution in [3.05, 3.63) is 69.6 Å². The molecule has 2 aromatic carbocycles. The third-order valence-corrected chi connectivity index (χ3v) is 6.82. The Morgan fingerprint density at radius 1 is 1.17 bits per heavy atom. The van der Waals surface area contributed by atoms with E-state index >= 15 is 0 Å². The van der Waals surface area contributed by atoms with Gasteiger partial charge in [-0.25, -0.2) is 4.98 Å². The second kappa shape index (κ2) is 9.73. The third-order valence-electron chi connectivity index (χ3n) is 5.56. The molecule has 1 saturated heterocycles. The first-order valence-electron chi connectivity index (χ1n) is 10.5. The Labute approximate surface area is 186 Å². The molecule has 0 saturated carbocycles. The summed E-state index contributed by atoms with van der Waals surface area (Å²) in [4.78, 5) is 20.1. The summed E-state index contributed by atoms with van der Waals surface area (Å²) in [6.45, 7) is 5.64. The van der Waals surface area contributed by atoms with E-state index in [1.807, 2.05) is 53.9 Å². The molecule has 1 aliphatic heterocycles. The predicted molar refractivity (Wildman–Crippen MR) is 126 cm³/mol. The van der Waals surface area contributed by atoms with Gasteiger partial charge in [-0.1, -0.05) is 48.9 Å². The van der Waals surface area contributed by atoms with E-state index in [-0.39, 0.29) is 5.91 Å². The van der Waals surface area contributed by atoms with Crippen LogP contribution in [0.1, 0.15) is 47.6 Å². The van der Waals surface area contributed by atoms with E-state index in [1.165, 1.54) is 13.0 Å². The molecule has 4 rings (SSSR count). The molecule has 0 radical (unpaired) electrons. The molecular formula is C24H26ClN3OS. The molecule has 0 spiro atoms. The molecule has 0 aliphatic carbocycles. The van der Waals surface area contributed by atoms with Crippen LogP contribution in [-0.4, -0.2) is 35.4 Å². The predicted octanol–water partition coefficient (Wildman–Crippen LogP) is 6.31. The van der Waals surface area contributed by atoms with Gasteiger partial charge in [0.25, 0.3) is 5.91 Å². The summed E-state index contributed by atoms with van der Waals surface area (Å²) in [5, 5.41) is 6.70. The fraction of sp³-hybridized carbons (Fsp3) is 0.333.